The molecule has 0 saturated heterocycles. The lowest BCUT2D eigenvalue weighted by molar-refractivity contribution is -0.269. The fourth-order valence-corrected chi connectivity index (χ4v) is 3.48. The van der Waals surface area contributed by atoms with Crippen LogP contribution < -0.4 is 0 Å². The molecule has 0 heterocycles. The van der Waals surface area contributed by atoms with Crippen LogP contribution in [0.3, 0.4) is 0 Å². The summed E-state index contributed by atoms with van der Waals surface area (Å²) in [6, 6.07) is 0. The van der Waals surface area contributed by atoms with E-state index in [-0.39, 0.29) is 26.4 Å². The van der Waals surface area contributed by atoms with E-state index in [2.05, 4.69) is 4.89 Å². The molecular weight excluding hydrogens is 415 g/mol. The van der Waals surface area contributed by atoms with Crippen LogP contribution in [-0.2, 0) is 42.8 Å². The van der Waals surface area contributed by atoms with Crippen LogP contribution in [0, 0.1) is 0 Å². The van der Waals surface area contributed by atoms with Crippen LogP contribution in [0.5, 0.6) is 0 Å². The van der Waals surface area contributed by atoms with Crippen molar-refractivity contribution >= 4 is 19.5 Å². The fourth-order valence-electron chi connectivity index (χ4n) is 1.86. The van der Waals surface area contributed by atoms with Crippen molar-refractivity contribution in [3.05, 3.63) is 11.4 Å². The Morgan fingerprint density at radius 2 is 1.13 bits per heavy atom. The molecular formula is C20H37O9P. The van der Waals surface area contributed by atoms with Crippen LogP contribution in [0.15, 0.2) is 11.4 Å². The summed E-state index contributed by atoms with van der Waals surface area (Å²) >= 11 is 0. The number of hydrogen-bond acceptors (Lipinski definition) is 9. The first-order valence-corrected chi connectivity index (χ1v) is 12.3. The van der Waals surface area contributed by atoms with E-state index in [4.69, 9.17) is 23.7 Å². The second-order valence-corrected chi connectivity index (χ2v) is 8.52. The zero-order chi connectivity index (χ0) is 22.7. The molecule has 0 amide bonds. The van der Waals surface area contributed by atoms with Gasteiger partial charge in [-0.15, -0.1) is 0 Å². The van der Waals surface area contributed by atoms with E-state index in [9.17, 15) is 14.2 Å². The van der Waals surface area contributed by atoms with Crippen LogP contribution in [-0.4, -0.2) is 38.4 Å². The summed E-state index contributed by atoms with van der Waals surface area (Å²) in [5.41, 5.74) is 0. The zero-order valence-corrected chi connectivity index (χ0v) is 19.6. The van der Waals surface area contributed by atoms with Gasteiger partial charge >= 0.3 is 19.5 Å². The van der Waals surface area contributed by atoms with Crippen LogP contribution in [0.25, 0.3) is 0 Å². The van der Waals surface area contributed by atoms with Crippen molar-refractivity contribution < 1.29 is 42.8 Å². The van der Waals surface area contributed by atoms with Crippen LogP contribution in [0.1, 0.15) is 79.1 Å². The number of hydrogen-bond donors (Lipinski definition) is 0. The van der Waals surface area contributed by atoms with Gasteiger partial charge in [0.2, 0.25) is 0 Å². The highest BCUT2D eigenvalue weighted by molar-refractivity contribution is 7.60. The minimum absolute atomic E-state index is 0.0866. The summed E-state index contributed by atoms with van der Waals surface area (Å²) in [5, 5.41) is -0.588. The van der Waals surface area contributed by atoms with Gasteiger partial charge in [0.05, 0.1) is 26.4 Å². The van der Waals surface area contributed by atoms with Crippen molar-refractivity contribution in [2.24, 2.45) is 0 Å². The first-order chi connectivity index (χ1) is 14.4. The normalized spacial score (nSPS) is 12.1. The summed E-state index contributed by atoms with van der Waals surface area (Å²) in [6.45, 7) is 8.31. The summed E-state index contributed by atoms with van der Waals surface area (Å²) in [4.78, 5) is 43.6. The van der Waals surface area contributed by atoms with Crippen molar-refractivity contribution in [3.8, 4) is 0 Å². The van der Waals surface area contributed by atoms with Gasteiger partial charge in [-0.2, -0.15) is 9.78 Å². The van der Waals surface area contributed by atoms with Crippen LogP contribution in [0.2, 0.25) is 0 Å². The van der Waals surface area contributed by atoms with E-state index in [0.29, 0.717) is 25.7 Å². The molecule has 10 heteroatoms. The minimum Gasteiger partial charge on any atom is -0.305 e. The van der Waals surface area contributed by atoms with Gasteiger partial charge in [-0.05, 0) is 25.7 Å². The van der Waals surface area contributed by atoms with Crippen molar-refractivity contribution in [2.75, 3.05) is 26.4 Å². The van der Waals surface area contributed by atoms with Gasteiger partial charge in [-0.25, -0.2) is 9.59 Å². The third-order valence-corrected chi connectivity index (χ3v) is 5.66. The molecule has 0 aliphatic heterocycles. The maximum Gasteiger partial charge on any atom is 0.381 e. The Morgan fingerprint density at radius 3 is 1.60 bits per heavy atom. The molecule has 0 saturated carbocycles. The van der Waals surface area contributed by atoms with Gasteiger partial charge < -0.3 is 9.05 Å². The molecule has 0 radical (unpaired) electrons. The Balaban J connectivity index is 5.49. The van der Waals surface area contributed by atoms with E-state index in [1.807, 2.05) is 27.7 Å². The molecule has 0 aromatic rings. The molecule has 0 bridgehead atoms. The molecule has 0 N–H and O–H groups in total. The average Bonchev–Trinajstić information content (AvgIpc) is 2.73. The molecule has 0 unspecified atom stereocenters. The van der Waals surface area contributed by atoms with E-state index in [1.54, 1.807) is 0 Å². The molecule has 0 spiro atoms. The minimum atomic E-state index is -4.15. The van der Waals surface area contributed by atoms with E-state index >= 15 is 0 Å². The number of carbonyl (C=O) groups excluding carboxylic acids is 2. The Hall–Kier alpha value is -1.25. The molecule has 9 nitrogen and oxygen atoms in total. The summed E-state index contributed by atoms with van der Waals surface area (Å²) in [6.07, 6.45) is 6.52. The summed E-state index contributed by atoms with van der Waals surface area (Å²) < 4.78 is 24.3. The third-order valence-electron chi connectivity index (χ3n) is 3.72. The largest absolute Gasteiger partial charge is 0.381 e. The van der Waals surface area contributed by atoms with Crippen molar-refractivity contribution in [1.29, 1.82) is 0 Å². The van der Waals surface area contributed by atoms with Gasteiger partial charge in [0.1, 0.15) is 0 Å². The summed E-state index contributed by atoms with van der Waals surface area (Å²) in [7, 11) is -4.15. The van der Waals surface area contributed by atoms with Crippen molar-refractivity contribution in [1.82, 2.24) is 0 Å². The highest BCUT2D eigenvalue weighted by atomic mass is 31.2. The second-order valence-electron chi connectivity index (χ2n) is 6.52. The number of carbonyl (C=O) groups is 2. The Bertz CT molecular complexity index is 534. The predicted molar refractivity (Wildman–Crippen MR) is 111 cm³/mol. The molecule has 0 aliphatic rings. The van der Waals surface area contributed by atoms with Gasteiger partial charge in [0, 0.05) is 6.08 Å². The van der Waals surface area contributed by atoms with E-state index in [0.717, 1.165) is 31.8 Å². The quantitative estimate of drug-likeness (QED) is 0.0854. The topological polar surface area (TPSA) is 107 Å². The van der Waals surface area contributed by atoms with Crippen LogP contribution in [0.4, 0.5) is 0 Å². The maximum atomic E-state index is 13.4. The van der Waals surface area contributed by atoms with Gasteiger partial charge in [0.15, 0.2) is 5.31 Å². The lowest BCUT2D eigenvalue weighted by atomic mass is 10.4. The molecule has 0 fully saturated rings. The van der Waals surface area contributed by atoms with Gasteiger partial charge in [0.25, 0.3) is 0 Å². The Kier molecular flexibility index (Phi) is 17.7. The average molecular weight is 452 g/mol. The lowest BCUT2D eigenvalue weighted by Gasteiger charge is -2.19. The third kappa shape index (κ3) is 13.1. The Labute approximate surface area is 179 Å². The number of unbranched alkanes of at least 4 members (excludes halogenated alkanes) is 4. The molecule has 30 heavy (non-hydrogen) atoms. The Morgan fingerprint density at radius 1 is 0.700 bits per heavy atom. The molecule has 0 aromatic carbocycles. The molecule has 0 atom stereocenters. The summed E-state index contributed by atoms with van der Waals surface area (Å²) in [5.74, 6) is -2.15. The molecule has 176 valence electrons. The fraction of sp³-hybridized carbons (Fsp3) is 0.800. The van der Waals surface area contributed by atoms with Crippen molar-refractivity contribution in [3.63, 3.8) is 0 Å². The SMILES string of the molecule is CCCCOOC(=O)C=C(C(=O)OOCCCC)P(=O)(OCCCC)OCCCC. The molecule has 0 aromatic heterocycles. The van der Waals surface area contributed by atoms with Crippen LogP contribution >= 0.6 is 7.60 Å². The first-order valence-electron chi connectivity index (χ1n) is 10.7. The second kappa shape index (κ2) is 18.5. The first kappa shape index (κ1) is 28.8. The lowest BCUT2D eigenvalue weighted by Crippen LogP contribution is -2.15. The van der Waals surface area contributed by atoms with Crippen molar-refractivity contribution in [2.45, 2.75) is 79.1 Å². The smallest absolute Gasteiger partial charge is 0.305 e. The van der Waals surface area contributed by atoms with Gasteiger partial charge in [-0.3, -0.25) is 14.3 Å². The van der Waals surface area contributed by atoms with E-state index in [1.165, 1.54) is 0 Å². The highest BCUT2D eigenvalue weighted by Crippen LogP contribution is 2.56. The predicted octanol–water partition coefficient (Wildman–Crippen LogP) is 5.25. The monoisotopic (exact) mass is 452 g/mol. The standard InChI is InChI=1S/C20H37O9P/c1-5-9-13-24-28-19(21)17-18(20(22)29-25-14-10-6-2)30(23,26-15-11-7-3)27-16-12-8-4/h17H,5-16H2,1-4H3. The van der Waals surface area contributed by atoms with E-state index < -0.39 is 24.8 Å². The molecule has 0 rings (SSSR count). The van der Waals surface area contributed by atoms with Gasteiger partial charge in [-0.1, -0.05) is 53.4 Å². The number of rotatable bonds is 19. The maximum absolute atomic E-state index is 13.4. The molecule has 0 aliphatic carbocycles. The highest BCUT2D eigenvalue weighted by Gasteiger charge is 2.38. The zero-order valence-electron chi connectivity index (χ0n) is 18.7.